The molecule has 72 valence electrons. The molecule has 0 aliphatic heterocycles. The molecule has 2 aliphatic carbocycles. The summed E-state index contributed by atoms with van der Waals surface area (Å²) in [6.45, 7) is 0. The molecular weight excluding hydrogens is 192 g/mol. The number of fused-ring (bicyclic) bond motifs is 1. The fraction of sp³-hybridized carbons (Fsp3) is 0.667. The van der Waals surface area contributed by atoms with E-state index in [1.165, 1.54) is 19.3 Å². The van der Waals surface area contributed by atoms with Crippen LogP contribution in [0.2, 0.25) is 19.9 Å². The molecule has 0 nitrogen and oxygen atoms in total. The molecule has 2 rings (SSSR count). The van der Waals surface area contributed by atoms with Crippen LogP contribution in [0.15, 0.2) is 23.8 Å². The van der Waals surface area contributed by atoms with E-state index in [0.717, 1.165) is 10.1 Å². The molecule has 0 N–H and O–H groups in total. The van der Waals surface area contributed by atoms with E-state index in [0.29, 0.717) is 0 Å². The summed E-state index contributed by atoms with van der Waals surface area (Å²) in [6, 6.07) is 0. The van der Waals surface area contributed by atoms with Gasteiger partial charge < -0.3 is 0 Å². The van der Waals surface area contributed by atoms with Crippen LogP contribution in [-0.4, -0.2) is 0 Å². The summed E-state index contributed by atoms with van der Waals surface area (Å²) in [5, 5.41) is 7.69. The van der Waals surface area contributed by atoms with Crippen molar-refractivity contribution < 1.29 is 16.6 Å². The average molecular weight is 212 g/mol. The minimum atomic E-state index is -1.42. The van der Waals surface area contributed by atoms with Gasteiger partial charge in [-0.3, -0.25) is 0 Å². The van der Waals surface area contributed by atoms with Gasteiger partial charge in [0.25, 0.3) is 0 Å². The predicted octanol–water partition coefficient (Wildman–Crippen LogP) is 4.37. The van der Waals surface area contributed by atoms with E-state index in [2.05, 4.69) is 33.9 Å². The Morgan fingerprint density at radius 2 is 2.00 bits per heavy atom. The molecule has 1 saturated carbocycles. The topological polar surface area (TPSA) is 0 Å². The maximum absolute atomic E-state index is 2.56. The maximum atomic E-state index is 2.56. The number of allylic oxidation sites excluding steroid dienone is 4. The summed E-state index contributed by atoms with van der Waals surface area (Å²) in [5.41, 5.74) is 1.81. The third kappa shape index (κ3) is 1.85. The summed E-state index contributed by atoms with van der Waals surface area (Å²) in [5.74, 6) is 0.930. The van der Waals surface area contributed by atoms with Crippen molar-refractivity contribution in [3.05, 3.63) is 23.8 Å². The Kier molecular flexibility index (Phi) is 2.55. The first kappa shape index (κ1) is 9.74. The quantitative estimate of drug-likeness (QED) is 0.566. The second-order valence-corrected chi connectivity index (χ2v) is 14.0. The third-order valence-corrected chi connectivity index (χ3v) is 7.80. The molecule has 0 bridgehead atoms. The Balaban J connectivity index is 2.24. The van der Waals surface area contributed by atoms with Crippen LogP contribution in [0.25, 0.3) is 0 Å². The third-order valence-electron chi connectivity index (χ3n) is 3.57. The number of rotatable bonds is 1. The molecule has 2 atom stereocenters. The molecule has 0 amide bonds. The Labute approximate surface area is 85.5 Å². The molecule has 2 aliphatic rings. The second-order valence-electron chi connectivity index (χ2n) is 5.52. The SMILES string of the molecule is [CH3][Ti]([CH3])([CH3])[CH]1CCC2CC=CC=C21. The molecule has 13 heavy (non-hydrogen) atoms. The van der Waals surface area contributed by atoms with Crippen LogP contribution < -0.4 is 0 Å². The van der Waals surface area contributed by atoms with E-state index in [1.807, 2.05) is 5.57 Å². The Morgan fingerprint density at radius 1 is 1.23 bits per heavy atom. The van der Waals surface area contributed by atoms with Gasteiger partial charge in [-0.1, -0.05) is 0 Å². The van der Waals surface area contributed by atoms with Gasteiger partial charge in [0.05, 0.1) is 0 Å². The van der Waals surface area contributed by atoms with Gasteiger partial charge in [0.2, 0.25) is 0 Å². The first-order valence-corrected chi connectivity index (χ1v) is 11.0. The number of hydrogen-bond acceptors (Lipinski definition) is 0. The molecule has 0 radical (unpaired) electrons. The Hall–Kier alpha value is 0.194. The van der Waals surface area contributed by atoms with E-state index in [4.69, 9.17) is 0 Å². The zero-order valence-electron chi connectivity index (χ0n) is 9.01. The van der Waals surface area contributed by atoms with Gasteiger partial charge in [-0.2, -0.15) is 0 Å². The van der Waals surface area contributed by atoms with Crippen molar-refractivity contribution >= 4 is 0 Å². The first-order valence-electron chi connectivity index (χ1n) is 5.45. The second kappa shape index (κ2) is 3.40. The normalized spacial score (nSPS) is 33.0. The van der Waals surface area contributed by atoms with Crippen molar-refractivity contribution in [3.8, 4) is 0 Å². The molecule has 0 aromatic rings. The standard InChI is InChI=1S/C9H11.3CH3.Ti/c1-2-5-9-7-3-6-8(9)4-1;;;;/h1-2,4,6,9H,3,5,7H2;3*1H3;. The molecule has 0 aromatic carbocycles. The summed E-state index contributed by atoms with van der Waals surface area (Å²) in [7, 11) is 0. The number of hydrogen-bond donors (Lipinski definition) is 0. The zero-order valence-corrected chi connectivity index (χ0v) is 10.6. The van der Waals surface area contributed by atoms with Gasteiger partial charge in [0, 0.05) is 0 Å². The molecule has 1 heteroatoms. The van der Waals surface area contributed by atoms with Crippen molar-refractivity contribution in [2.45, 2.75) is 39.2 Å². The first-order chi connectivity index (χ1) is 6.09. The van der Waals surface area contributed by atoms with E-state index >= 15 is 0 Å². The molecule has 0 saturated heterocycles. The summed E-state index contributed by atoms with van der Waals surface area (Å²) >= 11 is -1.42. The molecule has 0 spiro atoms. The Bertz CT molecular complexity index is 255. The van der Waals surface area contributed by atoms with Gasteiger partial charge in [0.15, 0.2) is 0 Å². The van der Waals surface area contributed by atoms with Gasteiger partial charge >= 0.3 is 85.5 Å². The van der Waals surface area contributed by atoms with Crippen molar-refractivity contribution in [2.75, 3.05) is 0 Å². The van der Waals surface area contributed by atoms with E-state index in [1.54, 1.807) is 0 Å². The van der Waals surface area contributed by atoms with Crippen LogP contribution >= 0.6 is 0 Å². The van der Waals surface area contributed by atoms with Crippen LogP contribution in [0, 0.1) is 5.92 Å². The van der Waals surface area contributed by atoms with Crippen molar-refractivity contribution in [2.24, 2.45) is 5.92 Å². The van der Waals surface area contributed by atoms with Gasteiger partial charge in [-0.05, 0) is 0 Å². The molecule has 0 heterocycles. The monoisotopic (exact) mass is 212 g/mol. The minimum absolute atomic E-state index is 0.930. The van der Waals surface area contributed by atoms with Crippen LogP contribution in [0.5, 0.6) is 0 Å². The molecule has 2 unspecified atom stereocenters. The molecule has 0 aromatic heterocycles. The van der Waals surface area contributed by atoms with Gasteiger partial charge in [-0.25, -0.2) is 0 Å². The summed E-state index contributed by atoms with van der Waals surface area (Å²) < 4.78 is 1.02. The van der Waals surface area contributed by atoms with Crippen LogP contribution in [-0.2, 0) is 16.6 Å². The van der Waals surface area contributed by atoms with Crippen molar-refractivity contribution in [3.63, 3.8) is 0 Å². The van der Waals surface area contributed by atoms with Crippen LogP contribution in [0.1, 0.15) is 19.3 Å². The average Bonchev–Trinajstić information content (AvgIpc) is 2.45. The zero-order chi connectivity index (χ0) is 9.47. The van der Waals surface area contributed by atoms with Gasteiger partial charge in [0.1, 0.15) is 0 Å². The summed E-state index contributed by atoms with van der Waals surface area (Å²) in [4.78, 5) is 0. The predicted molar refractivity (Wildman–Crippen MR) is 55.9 cm³/mol. The van der Waals surface area contributed by atoms with Gasteiger partial charge in [-0.15, -0.1) is 0 Å². The Morgan fingerprint density at radius 3 is 2.69 bits per heavy atom. The molecule has 1 fully saturated rings. The van der Waals surface area contributed by atoms with Crippen LogP contribution in [0.3, 0.4) is 0 Å². The van der Waals surface area contributed by atoms with E-state index in [9.17, 15) is 0 Å². The van der Waals surface area contributed by atoms with Crippen molar-refractivity contribution in [1.29, 1.82) is 0 Å². The van der Waals surface area contributed by atoms with E-state index in [-0.39, 0.29) is 0 Å². The van der Waals surface area contributed by atoms with E-state index < -0.39 is 16.6 Å². The fourth-order valence-corrected chi connectivity index (χ4v) is 6.54. The van der Waals surface area contributed by atoms with Crippen molar-refractivity contribution in [1.82, 2.24) is 0 Å². The van der Waals surface area contributed by atoms with Crippen LogP contribution in [0.4, 0.5) is 0 Å². The fourth-order valence-electron chi connectivity index (χ4n) is 2.85. The molecular formula is C12H20Ti. The summed E-state index contributed by atoms with van der Waals surface area (Å²) in [6.07, 6.45) is 11.3.